The first-order chi connectivity index (χ1) is 7.75. The van der Waals surface area contributed by atoms with Crippen LogP contribution in [0.3, 0.4) is 0 Å². The van der Waals surface area contributed by atoms with Gasteiger partial charge in [-0.25, -0.2) is 4.98 Å². The molecule has 0 aliphatic carbocycles. The van der Waals surface area contributed by atoms with Crippen molar-refractivity contribution in [2.24, 2.45) is 0 Å². The lowest BCUT2D eigenvalue weighted by Crippen LogP contribution is -2.21. The number of rotatable bonds is 4. The molecule has 1 aliphatic rings. The highest BCUT2D eigenvalue weighted by molar-refractivity contribution is 7.15. The lowest BCUT2D eigenvalue weighted by atomic mass is 10.1. The molecule has 1 saturated heterocycles. The van der Waals surface area contributed by atoms with Crippen molar-refractivity contribution in [2.45, 2.75) is 45.6 Å². The van der Waals surface area contributed by atoms with Gasteiger partial charge in [0.05, 0.1) is 11.8 Å². The second-order valence-electron chi connectivity index (χ2n) is 4.36. The van der Waals surface area contributed by atoms with E-state index in [2.05, 4.69) is 24.1 Å². The Morgan fingerprint density at radius 2 is 2.31 bits per heavy atom. The summed E-state index contributed by atoms with van der Waals surface area (Å²) in [5.74, 6) is 0. The number of aryl methyl sites for hydroxylation is 2. The molecule has 1 N–H and O–H groups in total. The molecular formula is C12H20N2OS. The summed E-state index contributed by atoms with van der Waals surface area (Å²) in [5, 5.41) is 4.43. The van der Waals surface area contributed by atoms with Crippen LogP contribution in [0.1, 0.15) is 36.3 Å². The summed E-state index contributed by atoms with van der Waals surface area (Å²) in [6.07, 6.45) is 5.33. The first-order valence-electron chi connectivity index (χ1n) is 6.05. The van der Waals surface area contributed by atoms with Crippen molar-refractivity contribution in [3.05, 3.63) is 10.6 Å². The first-order valence-corrected chi connectivity index (χ1v) is 6.87. The molecule has 0 bridgehead atoms. The normalized spacial score (nSPS) is 21.0. The van der Waals surface area contributed by atoms with Gasteiger partial charge in [-0.3, -0.25) is 0 Å². The van der Waals surface area contributed by atoms with Crippen LogP contribution >= 0.6 is 11.3 Å². The number of nitrogens with zero attached hydrogens (tertiary/aromatic N) is 1. The van der Waals surface area contributed by atoms with Crippen molar-refractivity contribution >= 4 is 16.5 Å². The van der Waals surface area contributed by atoms with Crippen LogP contribution in [0, 0.1) is 13.8 Å². The average Bonchev–Trinajstić information content (AvgIpc) is 2.60. The van der Waals surface area contributed by atoms with E-state index in [-0.39, 0.29) is 0 Å². The van der Waals surface area contributed by atoms with Crippen LogP contribution in [0.25, 0.3) is 0 Å². The van der Waals surface area contributed by atoms with Gasteiger partial charge in [0.25, 0.3) is 0 Å². The van der Waals surface area contributed by atoms with Crippen LogP contribution in [0.15, 0.2) is 0 Å². The number of ether oxygens (including phenoxy) is 1. The molecule has 1 atom stereocenters. The van der Waals surface area contributed by atoms with Gasteiger partial charge in [-0.2, -0.15) is 0 Å². The Kier molecular flexibility index (Phi) is 4.18. The minimum atomic E-state index is 0.461. The Bertz CT molecular complexity index is 312. The van der Waals surface area contributed by atoms with Gasteiger partial charge in [0.15, 0.2) is 5.13 Å². The molecule has 0 amide bonds. The summed E-state index contributed by atoms with van der Waals surface area (Å²) in [5.41, 5.74) is 1.14. The summed E-state index contributed by atoms with van der Waals surface area (Å²) >= 11 is 1.74. The van der Waals surface area contributed by atoms with Crippen molar-refractivity contribution in [1.82, 2.24) is 4.98 Å². The minimum absolute atomic E-state index is 0.461. The van der Waals surface area contributed by atoms with E-state index >= 15 is 0 Å². The largest absolute Gasteiger partial charge is 0.378 e. The summed E-state index contributed by atoms with van der Waals surface area (Å²) in [6, 6.07) is 0. The molecule has 0 aromatic carbocycles. The fraction of sp³-hybridized carbons (Fsp3) is 0.750. The van der Waals surface area contributed by atoms with Crippen LogP contribution in [-0.2, 0) is 4.74 Å². The molecule has 1 unspecified atom stereocenters. The van der Waals surface area contributed by atoms with Crippen molar-refractivity contribution in [3.63, 3.8) is 0 Å². The Labute approximate surface area is 101 Å². The van der Waals surface area contributed by atoms with Crippen molar-refractivity contribution in [1.29, 1.82) is 0 Å². The van der Waals surface area contributed by atoms with E-state index in [1.165, 1.54) is 24.1 Å². The maximum Gasteiger partial charge on any atom is 0.183 e. The van der Waals surface area contributed by atoms with Gasteiger partial charge in [0, 0.05) is 18.0 Å². The molecule has 2 rings (SSSR count). The van der Waals surface area contributed by atoms with Crippen molar-refractivity contribution in [2.75, 3.05) is 18.5 Å². The zero-order valence-electron chi connectivity index (χ0n) is 10.1. The molecule has 1 aromatic rings. The average molecular weight is 240 g/mol. The van der Waals surface area contributed by atoms with Gasteiger partial charge in [0.2, 0.25) is 0 Å². The highest BCUT2D eigenvalue weighted by Crippen LogP contribution is 2.21. The smallest absolute Gasteiger partial charge is 0.183 e. The predicted molar refractivity (Wildman–Crippen MR) is 68.3 cm³/mol. The number of nitrogens with one attached hydrogen (secondary N) is 1. The molecule has 0 spiro atoms. The lowest BCUT2D eigenvalue weighted by molar-refractivity contribution is 0.0134. The van der Waals surface area contributed by atoms with Gasteiger partial charge in [-0.15, -0.1) is 11.3 Å². The topological polar surface area (TPSA) is 34.2 Å². The van der Waals surface area contributed by atoms with Crippen LogP contribution in [0.2, 0.25) is 0 Å². The number of aromatic nitrogens is 1. The van der Waals surface area contributed by atoms with Crippen molar-refractivity contribution in [3.8, 4) is 0 Å². The third-order valence-corrected chi connectivity index (χ3v) is 4.08. The van der Waals surface area contributed by atoms with Crippen LogP contribution in [0.5, 0.6) is 0 Å². The maximum atomic E-state index is 5.69. The zero-order chi connectivity index (χ0) is 11.4. The number of thiazole rings is 1. The van der Waals surface area contributed by atoms with Gasteiger partial charge in [-0.1, -0.05) is 0 Å². The monoisotopic (exact) mass is 240 g/mol. The molecular weight excluding hydrogens is 220 g/mol. The Hall–Kier alpha value is -0.610. The van der Waals surface area contributed by atoms with Crippen LogP contribution < -0.4 is 5.32 Å². The maximum absolute atomic E-state index is 5.69. The summed E-state index contributed by atoms with van der Waals surface area (Å²) in [4.78, 5) is 5.76. The fourth-order valence-corrected chi connectivity index (χ4v) is 2.76. The quantitative estimate of drug-likeness (QED) is 0.878. The molecule has 0 saturated carbocycles. The third-order valence-electron chi connectivity index (χ3n) is 3.05. The van der Waals surface area contributed by atoms with E-state index in [1.807, 2.05) is 0 Å². The van der Waals surface area contributed by atoms with Gasteiger partial charge >= 0.3 is 0 Å². The fourth-order valence-electron chi connectivity index (χ4n) is 1.92. The van der Waals surface area contributed by atoms with E-state index in [9.17, 15) is 0 Å². The molecule has 90 valence electrons. The molecule has 4 heteroatoms. The molecule has 0 radical (unpaired) electrons. The first kappa shape index (κ1) is 11.9. The standard InChI is InChI=1S/C12H20N2OS/c1-9-10(2)16-12(14-9)13-7-6-11-5-3-4-8-15-11/h11H,3-8H2,1-2H3,(H,13,14). The summed E-state index contributed by atoms with van der Waals surface area (Å²) in [6.45, 7) is 6.08. The van der Waals surface area contributed by atoms with Crippen molar-refractivity contribution < 1.29 is 4.74 Å². The van der Waals surface area contributed by atoms with E-state index in [0.29, 0.717) is 6.10 Å². The second kappa shape index (κ2) is 5.64. The van der Waals surface area contributed by atoms with Gasteiger partial charge < -0.3 is 10.1 Å². The van der Waals surface area contributed by atoms with Crippen LogP contribution in [0.4, 0.5) is 5.13 Å². The van der Waals surface area contributed by atoms with Crippen LogP contribution in [-0.4, -0.2) is 24.2 Å². The highest BCUT2D eigenvalue weighted by Gasteiger charge is 2.13. The molecule has 3 nitrogen and oxygen atoms in total. The summed E-state index contributed by atoms with van der Waals surface area (Å²) < 4.78 is 5.69. The number of hydrogen-bond donors (Lipinski definition) is 1. The van der Waals surface area contributed by atoms with E-state index < -0.39 is 0 Å². The molecule has 1 fully saturated rings. The van der Waals surface area contributed by atoms with Gasteiger partial charge in [-0.05, 0) is 39.5 Å². The van der Waals surface area contributed by atoms with Gasteiger partial charge in [0.1, 0.15) is 0 Å². The number of anilines is 1. The SMILES string of the molecule is Cc1nc(NCCC2CCCCO2)sc1C. The minimum Gasteiger partial charge on any atom is -0.378 e. The number of hydrogen-bond acceptors (Lipinski definition) is 4. The Morgan fingerprint density at radius 1 is 1.44 bits per heavy atom. The van der Waals surface area contributed by atoms with E-state index in [0.717, 1.165) is 30.4 Å². The zero-order valence-corrected chi connectivity index (χ0v) is 10.9. The Balaban J connectivity index is 1.71. The Morgan fingerprint density at radius 3 is 2.94 bits per heavy atom. The highest BCUT2D eigenvalue weighted by atomic mass is 32.1. The van der Waals surface area contributed by atoms with E-state index in [4.69, 9.17) is 4.74 Å². The lowest BCUT2D eigenvalue weighted by Gasteiger charge is -2.22. The third kappa shape index (κ3) is 3.19. The second-order valence-corrected chi connectivity index (χ2v) is 5.57. The summed E-state index contributed by atoms with van der Waals surface area (Å²) in [7, 11) is 0. The predicted octanol–water partition coefficient (Wildman–Crippen LogP) is 3.13. The van der Waals surface area contributed by atoms with E-state index in [1.54, 1.807) is 11.3 Å². The molecule has 2 heterocycles. The molecule has 1 aromatic heterocycles. The molecule has 1 aliphatic heterocycles. The molecule has 16 heavy (non-hydrogen) atoms.